The Morgan fingerprint density at radius 1 is 1.12 bits per heavy atom. The Kier molecular flexibility index (Phi) is 5.71. The third-order valence-corrected chi connectivity index (χ3v) is 5.15. The lowest BCUT2D eigenvalue weighted by molar-refractivity contribution is -0.126. The molecular weight excluding hydrogens is 324 g/mol. The largest absolute Gasteiger partial charge is 0.356 e. The summed E-state index contributed by atoms with van der Waals surface area (Å²) in [6.07, 6.45) is 2.13. The number of amides is 2. The minimum absolute atomic E-state index is 0.0146. The van der Waals surface area contributed by atoms with Crippen LogP contribution in [-0.4, -0.2) is 24.9 Å². The van der Waals surface area contributed by atoms with E-state index in [0.717, 1.165) is 29.7 Å². The standard InChI is InChI=1S/C22H26N2O2/c1-16-8-6-12-20(17(16)2)24-15-19(14-21(24)25)22(26)23-13-7-11-18-9-4-3-5-10-18/h3-6,8-10,12,19H,7,11,13-15H2,1-2H3,(H,23,26)/t19-/m1/s1. The van der Waals surface area contributed by atoms with Gasteiger partial charge in [0.25, 0.3) is 0 Å². The Morgan fingerprint density at radius 2 is 1.88 bits per heavy atom. The molecule has 1 aliphatic heterocycles. The molecule has 1 N–H and O–H groups in total. The van der Waals surface area contributed by atoms with Crippen molar-refractivity contribution in [2.75, 3.05) is 18.0 Å². The van der Waals surface area contributed by atoms with Crippen LogP contribution in [0.25, 0.3) is 0 Å². The maximum absolute atomic E-state index is 12.4. The van der Waals surface area contributed by atoms with E-state index in [2.05, 4.69) is 17.4 Å². The summed E-state index contributed by atoms with van der Waals surface area (Å²) in [7, 11) is 0. The van der Waals surface area contributed by atoms with E-state index in [1.807, 2.05) is 50.2 Å². The fraction of sp³-hybridized carbons (Fsp3) is 0.364. The van der Waals surface area contributed by atoms with Crippen molar-refractivity contribution in [3.8, 4) is 0 Å². The molecule has 0 unspecified atom stereocenters. The second kappa shape index (κ2) is 8.17. The molecule has 1 fully saturated rings. The second-order valence-electron chi connectivity index (χ2n) is 7.00. The number of aryl methyl sites for hydroxylation is 2. The lowest BCUT2D eigenvalue weighted by atomic mass is 10.1. The normalized spacial score (nSPS) is 16.8. The van der Waals surface area contributed by atoms with Crippen molar-refractivity contribution in [1.82, 2.24) is 5.32 Å². The van der Waals surface area contributed by atoms with Crippen LogP contribution in [0.1, 0.15) is 29.5 Å². The van der Waals surface area contributed by atoms with E-state index in [4.69, 9.17) is 0 Å². The molecule has 1 atom stereocenters. The summed E-state index contributed by atoms with van der Waals surface area (Å²) in [5.74, 6) is -0.249. The minimum Gasteiger partial charge on any atom is -0.356 e. The summed E-state index contributed by atoms with van der Waals surface area (Å²) in [4.78, 5) is 26.6. The van der Waals surface area contributed by atoms with E-state index in [1.165, 1.54) is 5.56 Å². The van der Waals surface area contributed by atoms with Crippen molar-refractivity contribution in [2.45, 2.75) is 33.1 Å². The van der Waals surface area contributed by atoms with Gasteiger partial charge in [-0.2, -0.15) is 0 Å². The van der Waals surface area contributed by atoms with Crippen LogP contribution in [0.2, 0.25) is 0 Å². The van der Waals surface area contributed by atoms with Crippen molar-refractivity contribution in [2.24, 2.45) is 5.92 Å². The number of benzene rings is 2. The van der Waals surface area contributed by atoms with Crippen molar-refractivity contribution in [3.63, 3.8) is 0 Å². The second-order valence-corrected chi connectivity index (χ2v) is 7.00. The Balaban J connectivity index is 1.51. The van der Waals surface area contributed by atoms with Crippen molar-refractivity contribution in [3.05, 3.63) is 65.2 Å². The summed E-state index contributed by atoms with van der Waals surface area (Å²) >= 11 is 0. The molecular formula is C22H26N2O2. The van der Waals surface area contributed by atoms with Gasteiger partial charge in [-0.25, -0.2) is 0 Å². The maximum atomic E-state index is 12.4. The fourth-order valence-corrected chi connectivity index (χ4v) is 3.44. The summed E-state index contributed by atoms with van der Waals surface area (Å²) in [6.45, 7) is 5.17. The molecule has 0 saturated carbocycles. The first-order chi connectivity index (χ1) is 12.6. The Morgan fingerprint density at radius 3 is 2.65 bits per heavy atom. The molecule has 2 aromatic carbocycles. The molecule has 26 heavy (non-hydrogen) atoms. The molecule has 2 amide bonds. The Labute approximate surface area is 155 Å². The first kappa shape index (κ1) is 18.2. The third-order valence-electron chi connectivity index (χ3n) is 5.15. The summed E-state index contributed by atoms with van der Waals surface area (Å²) in [5, 5.41) is 3.00. The summed E-state index contributed by atoms with van der Waals surface area (Å²) in [5.41, 5.74) is 4.46. The molecule has 2 aromatic rings. The first-order valence-corrected chi connectivity index (χ1v) is 9.24. The number of rotatable bonds is 6. The molecule has 4 nitrogen and oxygen atoms in total. The molecule has 0 bridgehead atoms. The topological polar surface area (TPSA) is 49.4 Å². The molecule has 136 valence electrons. The van der Waals surface area contributed by atoms with Crippen LogP contribution in [0.3, 0.4) is 0 Å². The lowest BCUT2D eigenvalue weighted by Gasteiger charge is -2.20. The molecule has 0 spiro atoms. The van der Waals surface area contributed by atoms with Crippen LogP contribution in [0.4, 0.5) is 5.69 Å². The predicted octanol–water partition coefficient (Wildman–Crippen LogP) is 3.41. The zero-order chi connectivity index (χ0) is 18.5. The number of hydrogen-bond donors (Lipinski definition) is 1. The van der Waals surface area contributed by atoms with Crippen molar-refractivity contribution < 1.29 is 9.59 Å². The molecule has 0 aliphatic carbocycles. The van der Waals surface area contributed by atoms with Gasteiger partial charge in [0.15, 0.2) is 0 Å². The highest BCUT2D eigenvalue weighted by Gasteiger charge is 2.35. The third kappa shape index (κ3) is 4.13. The number of carbonyl (C=O) groups excluding carboxylic acids is 2. The monoisotopic (exact) mass is 350 g/mol. The van der Waals surface area contributed by atoms with Gasteiger partial charge in [-0.1, -0.05) is 42.5 Å². The van der Waals surface area contributed by atoms with Crippen LogP contribution in [0.5, 0.6) is 0 Å². The molecule has 1 aliphatic rings. The van der Waals surface area contributed by atoms with E-state index >= 15 is 0 Å². The number of hydrogen-bond acceptors (Lipinski definition) is 2. The van der Waals surface area contributed by atoms with Gasteiger partial charge in [0, 0.05) is 25.2 Å². The first-order valence-electron chi connectivity index (χ1n) is 9.24. The van der Waals surface area contributed by atoms with Crippen LogP contribution in [0, 0.1) is 19.8 Å². The van der Waals surface area contributed by atoms with Crippen molar-refractivity contribution in [1.29, 1.82) is 0 Å². The highest BCUT2D eigenvalue weighted by molar-refractivity contribution is 6.00. The van der Waals surface area contributed by atoms with Gasteiger partial charge in [0.05, 0.1) is 5.92 Å². The highest BCUT2D eigenvalue weighted by Crippen LogP contribution is 2.29. The van der Waals surface area contributed by atoms with Gasteiger partial charge in [0.2, 0.25) is 11.8 Å². The SMILES string of the molecule is Cc1cccc(N2C[C@H](C(=O)NCCCc3ccccc3)CC2=O)c1C. The van der Waals surface area contributed by atoms with E-state index < -0.39 is 0 Å². The van der Waals surface area contributed by atoms with Gasteiger partial charge in [-0.15, -0.1) is 0 Å². The number of anilines is 1. The van der Waals surface area contributed by atoms with Crippen LogP contribution < -0.4 is 10.2 Å². The zero-order valence-electron chi connectivity index (χ0n) is 15.5. The highest BCUT2D eigenvalue weighted by atomic mass is 16.2. The van der Waals surface area contributed by atoms with Crippen LogP contribution in [-0.2, 0) is 16.0 Å². The van der Waals surface area contributed by atoms with Crippen LogP contribution in [0.15, 0.2) is 48.5 Å². The Hall–Kier alpha value is -2.62. The molecule has 0 aromatic heterocycles. The van der Waals surface area contributed by atoms with E-state index in [9.17, 15) is 9.59 Å². The van der Waals surface area contributed by atoms with Crippen molar-refractivity contribution >= 4 is 17.5 Å². The molecule has 3 rings (SSSR count). The van der Waals surface area contributed by atoms with Gasteiger partial charge < -0.3 is 10.2 Å². The van der Waals surface area contributed by atoms with E-state index in [-0.39, 0.29) is 24.2 Å². The predicted molar refractivity (Wildman–Crippen MR) is 104 cm³/mol. The average Bonchev–Trinajstić information content (AvgIpc) is 3.03. The lowest BCUT2D eigenvalue weighted by Crippen LogP contribution is -2.33. The minimum atomic E-state index is -0.265. The number of carbonyl (C=O) groups is 2. The van der Waals surface area contributed by atoms with Gasteiger partial charge >= 0.3 is 0 Å². The van der Waals surface area contributed by atoms with Crippen LogP contribution >= 0.6 is 0 Å². The van der Waals surface area contributed by atoms with E-state index in [0.29, 0.717) is 13.1 Å². The Bertz CT molecular complexity index is 786. The smallest absolute Gasteiger partial charge is 0.227 e. The number of nitrogens with zero attached hydrogens (tertiary/aromatic N) is 1. The molecule has 1 heterocycles. The molecule has 1 saturated heterocycles. The molecule has 0 radical (unpaired) electrons. The van der Waals surface area contributed by atoms with Gasteiger partial charge in [0.1, 0.15) is 0 Å². The number of nitrogens with one attached hydrogen (secondary N) is 1. The molecule has 4 heteroatoms. The summed E-state index contributed by atoms with van der Waals surface area (Å²) < 4.78 is 0. The zero-order valence-corrected chi connectivity index (χ0v) is 15.5. The van der Waals surface area contributed by atoms with Gasteiger partial charge in [-0.3, -0.25) is 9.59 Å². The fourth-order valence-electron chi connectivity index (χ4n) is 3.44. The van der Waals surface area contributed by atoms with E-state index in [1.54, 1.807) is 4.90 Å². The quantitative estimate of drug-likeness (QED) is 0.812. The van der Waals surface area contributed by atoms with Gasteiger partial charge in [-0.05, 0) is 49.4 Å². The average molecular weight is 350 g/mol. The summed E-state index contributed by atoms with van der Waals surface area (Å²) in [6, 6.07) is 16.2. The maximum Gasteiger partial charge on any atom is 0.227 e.